The minimum Gasteiger partial charge on any atom is -0.303 e. The summed E-state index contributed by atoms with van der Waals surface area (Å²) in [7, 11) is -1.85. The lowest BCUT2D eigenvalue weighted by Crippen LogP contribution is -2.43. The summed E-state index contributed by atoms with van der Waals surface area (Å²) < 4.78 is 28.0. The van der Waals surface area contributed by atoms with Gasteiger partial charge in [0, 0.05) is 41.1 Å². The summed E-state index contributed by atoms with van der Waals surface area (Å²) in [5, 5.41) is 0.800. The van der Waals surface area contributed by atoms with E-state index in [2.05, 4.69) is 41.3 Å². The maximum absolute atomic E-state index is 13.2. The molecule has 2 aromatic rings. The lowest BCUT2D eigenvalue weighted by atomic mass is 9.74. The van der Waals surface area contributed by atoms with E-state index in [-0.39, 0.29) is 5.92 Å². The summed E-state index contributed by atoms with van der Waals surface area (Å²) in [6, 6.07) is 17.7. The average molecular weight is 569 g/mol. The third kappa shape index (κ3) is 6.15. The van der Waals surface area contributed by atoms with E-state index in [1.165, 1.54) is 33.4 Å². The van der Waals surface area contributed by atoms with Gasteiger partial charge >= 0.3 is 0 Å². The number of benzene rings is 2. The monoisotopic (exact) mass is 568 g/mol. The van der Waals surface area contributed by atoms with Crippen molar-refractivity contribution >= 4 is 33.4 Å². The van der Waals surface area contributed by atoms with Crippen molar-refractivity contribution in [2.45, 2.75) is 47.3 Å². The van der Waals surface area contributed by atoms with Gasteiger partial charge in [0.2, 0.25) is 10.0 Å². The second kappa shape index (κ2) is 12.1. The smallest absolute Gasteiger partial charge is 0.242 e. The van der Waals surface area contributed by atoms with Gasteiger partial charge in [-0.05, 0) is 86.6 Å². The third-order valence-corrected chi connectivity index (χ3v) is 11.8. The zero-order chi connectivity index (χ0) is 26.6. The second-order valence-corrected chi connectivity index (χ2v) is 14.3. The Morgan fingerprint density at radius 2 is 1.82 bits per heavy atom. The number of likely N-dealkylation sites (tertiary alicyclic amines) is 1. The molecule has 38 heavy (non-hydrogen) atoms. The lowest BCUT2D eigenvalue weighted by Gasteiger charge is -2.40. The first-order valence-corrected chi connectivity index (χ1v) is 16.4. The zero-order valence-electron chi connectivity index (χ0n) is 22.1. The predicted octanol–water partition coefficient (Wildman–Crippen LogP) is 6.85. The number of thioether (sulfide) groups is 1. The maximum atomic E-state index is 13.2. The van der Waals surface area contributed by atoms with Crippen LogP contribution in [0.2, 0.25) is 0 Å². The van der Waals surface area contributed by atoms with E-state index in [1.807, 2.05) is 30.0 Å². The van der Waals surface area contributed by atoms with E-state index in [0.29, 0.717) is 23.3 Å². The minimum atomic E-state index is -3.54. The van der Waals surface area contributed by atoms with Crippen molar-refractivity contribution in [2.75, 3.05) is 39.0 Å². The van der Waals surface area contributed by atoms with Crippen molar-refractivity contribution in [3.05, 3.63) is 95.1 Å². The fourth-order valence-electron chi connectivity index (χ4n) is 5.97. The first kappa shape index (κ1) is 27.7. The van der Waals surface area contributed by atoms with Crippen LogP contribution in [0.25, 0.3) is 0 Å². The summed E-state index contributed by atoms with van der Waals surface area (Å²) in [5.41, 5.74) is 3.08. The molecule has 5 rings (SSSR count). The van der Waals surface area contributed by atoms with Crippen LogP contribution in [0.5, 0.6) is 0 Å². The number of sulfonamides is 1. The molecule has 1 spiro atoms. The molecule has 1 atom stereocenters. The van der Waals surface area contributed by atoms with Gasteiger partial charge in [0.1, 0.15) is 0 Å². The van der Waals surface area contributed by atoms with Crippen molar-refractivity contribution < 1.29 is 8.42 Å². The molecule has 4 nitrogen and oxygen atoms in total. The highest BCUT2D eigenvalue weighted by Gasteiger charge is 2.41. The van der Waals surface area contributed by atoms with Crippen LogP contribution in [0.1, 0.15) is 37.7 Å². The Bertz CT molecular complexity index is 1310. The number of rotatable bonds is 9. The first-order chi connectivity index (χ1) is 18.4. The van der Waals surface area contributed by atoms with Crippen molar-refractivity contribution in [1.29, 1.82) is 0 Å². The minimum absolute atomic E-state index is 0.111. The summed E-state index contributed by atoms with van der Waals surface area (Å²) in [6.45, 7) is 3.75. The van der Waals surface area contributed by atoms with Gasteiger partial charge in [0.05, 0.1) is 4.90 Å². The number of hydrogen-bond acceptors (Lipinski definition) is 4. The van der Waals surface area contributed by atoms with Crippen LogP contribution >= 0.6 is 23.4 Å². The SMILES string of the molecule is CN(CC(CCCN1CCC2(CC1)CSc1ccccc12)C1=CCC(Cl)=CC=C1)S(=O)(=O)c1ccccc1. The number of halogens is 1. The van der Waals surface area contributed by atoms with Crippen molar-refractivity contribution in [3.8, 4) is 0 Å². The number of fused-ring (bicyclic) bond motifs is 2. The molecule has 0 aromatic heterocycles. The first-order valence-electron chi connectivity index (χ1n) is 13.6. The zero-order valence-corrected chi connectivity index (χ0v) is 24.4. The Kier molecular flexibility index (Phi) is 8.85. The van der Waals surface area contributed by atoms with Crippen LogP contribution in [-0.4, -0.2) is 56.6 Å². The van der Waals surface area contributed by atoms with Crippen LogP contribution in [-0.2, 0) is 15.4 Å². The van der Waals surface area contributed by atoms with E-state index in [1.54, 1.807) is 36.9 Å². The van der Waals surface area contributed by atoms with Gasteiger partial charge in [0.15, 0.2) is 0 Å². The van der Waals surface area contributed by atoms with E-state index in [0.717, 1.165) is 37.5 Å². The highest BCUT2D eigenvalue weighted by molar-refractivity contribution is 7.99. The fourth-order valence-corrected chi connectivity index (χ4v) is 8.84. The third-order valence-electron chi connectivity index (χ3n) is 8.30. The Hall–Kier alpha value is -1.83. The molecule has 2 aromatic carbocycles. The Morgan fingerprint density at radius 3 is 2.61 bits per heavy atom. The highest BCUT2D eigenvalue weighted by Crippen LogP contribution is 2.49. The summed E-state index contributed by atoms with van der Waals surface area (Å²) in [5.74, 6) is 1.32. The van der Waals surface area contributed by atoms with Gasteiger partial charge in [-0.3, -0.25) is 0 Å². The molecule has 0 saturated carbocycles. The Morgan fingerprint density at radius 1 is 1.08 bits per heavy atom. The molecule has 1 saturated heterocycles. The number of hydrogen-bond donors (Lipinski definition) is 0. The van der Waals surface area contributed by atoms with Gasteiger partial charge in [-0.1, -0.05) is 66.2 Å². The van der Waals surface area contributed by atoms with Crippen LogP contribution in [0.15, 0.2) is 99.3 Å². The number of nitrogens with zero attached hydrogens (tertiary/aromatic N) is 2. The summed E-state index contributed by atoms with van der Waals surface area (Å²) >= 11 is 8.31. The van der Waals surface area contributed by atoms with E-state index in [4.69, 9.17) is 11.6 Å². The second-order valence-electron chi connectivity index (χ2n) is 10.7. The maximum Gasteiger partial charge on any atom is 0.242 e. The molecule has 0 N–H and O–H groups in total. The van der Waals surface area contributed by atoms with Gasteiger partial charge in [-0.15, -0.1) is 11.8 Å². The molecule has 1 unspecified atom stereocenters. The predicted molar refractivity (Wildman–Crippen MR) is 159 cm³/mol. The van der Waals surface area contributed by atoms with Crippen molar-refractivity contribution in [1.82, 2.24) is 9.21 Å². The molecular formula is C31H37ClN2O2S2. The van der Waals surface area contributed by atoms with E-state index >= 15 is 0 Å². The number of piperidine rings is 1. The normalized spacial score (nSPS) is 20.2. The number of allylic oxidation sites excluding steroid dienone is 5. The van der Waals surface area contributed by atoms with Crippen LogP contribution < -0.4 is 0 Å². The van der Waals surface area contributed by atoms with Gasteiger partial charge in [0.25, 0.3) is 0 Å². The molecule has 1 aliphatic carbocycles. The van der Waals surface area contributed by atoms with Crippen LogP contribution in [0, 0.1) is 5.92 Å². The van der Waals surface area contributed by atoms with E-state index in [9.17, 15) is 8.42 Å². The summed E-state index contributed by atoms with van der Waals surface area (Å²) in [6.07, 6.45) is 13.3. The van der Waals surface area contributed by atoms with Gasteiger partial charge < -0.3 is 4.90 Å². The largest absolute Gasteiger partial charge is 0.303 e. The molecule has 7 heteroatoms. The van der Waals surface area contributed by atoms with Crippen LogP contribution in [0.4, 0.5) is 0 Å². The molecule has 0 radical (unpaired) electrons. The quantitative estimate of drug-likeness (QED) is 0.331. The molecule has 3 aliphatic rings. The Labute approximate surface area is 237 Å². The van der Waals surface area contributed by atoms with Gasteiger partial charge in [-0.25, -0.2) is 12.7 Å². The van der Waals surface area contributed by atoms with Crippen LogP contribution in [0.3, 0.4) is 0 Å². The lowest BCUT2D eigenvalue weighted by molar-refractivity contribution is 0.167. The van der Waals surface area contributed by atoms with Gasteiger partial charge in [-0.2, -0.15) is 0 Å². The average Bonchev–Trinajstić information content (AvgIpc) is 3.14. The highest BCUT2D eigenvalue weighted by atomic mass is 35.5. The molecule has 0 amide bonds. The topological polar surface area (TPSA) is 40.6 Å². The Balaban J connectivity index is 1.21. The molecular weight excluding hydrogens is 532 g/mol. The molecule has 202 valence electrons. The molecule has 2 aliphatic heterocycles. The fraction of sp³-hybridized carbons (Fsp3) is 0.419. The molecule has 1 fully saturated rings. The molecule has 2 heterocycles. The van der Waals surface area contributed by atoms with E-state index < -0.39 is 10.0 Å². The summed E-state index contributed by atoms with van der Waals surface area (Å²) in [4.78, 5) is 4.41. The molecule has 0 bridgehead atoms. The van der Waals surface area contributed by atoms with Crippen molar-refractivity contribution in [3.63, 3.8) is 0 Å². The van der Waals surface area contributed by atoms with Crippen molar-refractivity contribution in [2.24, 2.45) is 5.92 Å². The standard InChI is InChI=1S/C31H37ClN2O2S2/c1-33(38(35,36)28-12-3-2-4-13-28)23-26(25-9-7-11-27(32)17-16-25)10-8-20-34-21-18-31(19-22-34)24-37-30-15-6-5-14-29(30)31/h2-7,9,11-16,26H,8,10,17-24H2,1H3.